The normalized spacial score (nSPS) is 13.1. The Morgan fingerprint density at radius 2 is 1.61 bits per heavy atom. The van der Waals surface area contributed by atoms with Crippen LogP contribution in [0.4, 0.5) is 27.6 Å². The van der Waals surface area contributed by atoms with Crippen molar-refractivity contribution < 1.29 is 22.0 Å². The van der Waals surface area contributed by atoms with Gasteiger partial charge in [-0.25, -0.2) is 8.78 Å². The number of aromatic nitrogens is 1. The second kappa shape index (κ2) is 9.98. The monoisotopic (exact) mass is 458 g/mol. The third-order valence-electron chi connectivity index (χ3n) is 5.05. The SMILES string of the molecule is CC/C=C(\F)c1cc(/C(=C(\CC(F)(F)F)c2ccc(F)cc2)c2ccc(C)nc2)ccc1N. The standard InChI is InChI=1S/C26H23F5N2/c1-3-4-23(28)21-13-18(9-12-24(21)32)25(19-6-5-16(2)33-15-19)22(14-26(29,30)31)17-7-10-20(27)11-8-17/h4-13,15H,3,14,32H2,1-2H3/b23-4-,25-22-. The van der Waals surface area contributed by atoms with Crippen molar-refractivity contribution in [1.29, 1.82) is 0 Å². The lowest BCUT2D eigenvalue weighted by atomic mass is 9.87. The number of allylic oxidation sites excluding steroid dienone is 2. The summed E-state index contributed by atoms with van der Waals surface area (Å²) in [4.78, 5) is 4.23. The molecule has 0 aliphatic heterocycles. The lowest BCUT2D eigenvalue weighted by Crippen LogP contribution is -2.10. The lowest BCUT2D eigenvalue weighted by Gasteiger charge is -2.19. The van der Waals surface area contributed by atoms with Crippen LogP contribution in [-0.2, 0) is 0 Å². The molecule has 0 unspecified atom stereocenters. The molecular formula is C26H23F5N2. The molecule has 1 heterocycles. The van der Waals surface area contributed by atoms with Crippen LogP contribution in [0, 0.1) is 12.7 Å². The van der Waals surface area contributed by atoms with E-state index in [9.17, 15) is 22.0 Å². The molecule has 7 heteroatoms. The van der Waals surface area contributed by atoms with Gasteiger partial charge in [-0.05, 0) is 72.0 Å². The van der Waals surface area contributed by atoms with Gasteiger partial charge in [0.15, 0.2) is 0 Å². The largest absolute Gasteiger partial charge is 0.398 e. The molecule has 0 aliphatic carbocycles. The number of benzene rings is 2. The van der Waals surface area contributed by atoms with Crippen molar-refractivity contribution in [3.63, 3.8) is 0 Å². The molecule has 0 saturated carbocycles. The van der Waals surface area contributed by atoms with E-state index < -0.39 is 24.2 Å². The number of aryl methyl sites for hydroxylation is 1. The smallest absolute Gasteiger partial charge is 0.393 e. The molecule has 1 aromatic heterocycles. The number of halogens is 5. The number of hydrogen-bond acceptors (Lipinski definition) is 2. The van der Waals surface area contributed by atoms with E-state index in [1.165, 1.54) is 36.5 Å². The number of nitrogens with two attached hydrogens (primary N) is 1. The van der Waals surface area contributed by atoms with Crippen LogP contribution in [-0.4, -0.2) is 11.2 Å². The number of nitrogen functional groups attached to an aromatic ring is 1. The highest BCUT2D eigenvalue weighted by Crippen LogP contribution is 2.40. The molecule has 0 radical (unpaired) electrons. The van der Waals surface area contributed by atoms with Crippen LogP contribution in [0.25, 0.3) is 17.0 Å². The summed E-state index contributed by atoms with van der Waals surface area (Å²) in [6, 6.07) is 12.6. The van der Waals surface area contributed by atoms with E-state index in [2.05, 4.69) is 4.98 Å². The van der Waals surface area contributed by atoms with Crippen molar-refractivity contribution in [2.24, 2.45) is 0 Å². The van der Waals surface area contributed by atoms with Gasteiger partial charge in [-0.1, -0.05) is 31.2 Å². The predicted octanol–water partition coefficient (Wildman–Crippen LogP) is 7.74. The van der Waals surface area contributed by atoms with Gasteiger partial charge in [-0.2, -0.15) is 13.2 Å². The first-order chi connectivity index (χ1) is 15.6. The molecule has 0 spiro atoms. The van der Waals surface area contributed by atoms with Crippen molar-refractivity contribution >= 4 is 22.7 Å². The first-order valence-electron chi connectivity index (χ1n) is 10.3. The Kier molecular flexibility index (Phi) is 7.31. The fraction of sp³-hybridized carbons (Fsp3) is 0.192. The molecule has 0 saturated heterocycles. The van der Waals surface area contributed by atoms with Gasteiger partial charge < -0.3 is 5.73 Å². The number of anilines is 1. The first-order valence-corrected chi connectivity index (χ1v) is 10.3. The van der Waals surface area contributed by atoms with Crippen LogP contribution in [0.3, 0.4) is 0 Å². The summed E-state index contributed by atoms with van der Waals surface area (Å²) in [5.74, 6) is -1.12. The number of hydrogen-bond donors (Lipinski definition) is 1. The summed E-state index contributed by atoms with van der Waals surface area (Å²) >= 11 is 0. The van der Waals surface area contributed by atoms with Gasteiger partial charge in [0.05, 0.1) is 6.42 Å². The van der Waals surface area contributed by atoms with Crippen molar-refractivity contribution in [2.75, 3.05) is 5.73 Å². The average Bonchev–Trinajstić information content (AvgIpc) is 2.75. The molecule has 3 aromatic rings. The van der Waals surface area contributed by atoms with Gasteiger partial charge >= 0.3 is 6.18 Å². The second-order valence-corrected chi connectivity index (χ2v) is 7.60. The van der Waals surface area contributed by atoms with Crippen LogP contribution < -0.4 is 5.73 Å². The van der Waals surface area contributed by atoms with Crippen molar-refractivity contribution in [3.8, 4) is 0 Å². The third-order valence-corrected chi connectivity index (χ3v) is 5.05. The highest BCUT2D eigenvalue weighted by atomic mass is 19.4. The van der Waals surface area contributed by atoms with Crippen LogP contribution >= 0.6 is 0 Å². The minimum atomic E-state index is -4.54. The molecule has 0 atom stereocenters. The molecule has 3 rings (SSSR count). The number of pyridine rings is 1. The van der Waals surface area contributed by atoms with Gasteiger partial charge in [-0.15, -0.1) is 0 Å². The molecule has 2 N–H and O–H groups in total. The number of alkyl halides is 3. The van der Waals surface area contributed by atoms with Gasteiger partial charge in [-0.3, -0.25) is 4.98 Å². The Balaban J connectivity index is 2.38. The van der Waals surface area contributed by atoms with Gasteiger partial charge in [0.1, 0.15) is 11.6 Å². The van der Waals surface area contributed by atoms with E-state index in [-0.39, 0.29) is 28.0 Å². The minimum Gasteiger partial charge on any atom is -0.398 e. The summed E-state index contributed by atoms with van der Waals surface area (Å²) < 4.78 is 69.3. The zero-order valence-corrected chi connectivity index (χ0v) is 18.2. The first kappa shape index (κ1) is 24.2. The summed E-state index contributed by atoms with van der Waals surface area (Å²) in [7, 11) is 0. The predicted molar refractivity (Wildman–Crippen MR) is 122 cm³/mol. The van der Waals surface area contributed by atoms with Crippen LogP contribution in [0.15, 0.2) is 66.9 Å². The highest BCUT2D eigenvalue weighted by molar-refractivity contribution is 5.99. The maximum absolute atomic E-state index is 14.7. The average molecular weight is 458 g/mol. The molecule has 2 aromatic carbocycles. The Morgan fingerprint density at radius 3 is 2.18 bits per heavy atom. The van der Waals surface area contributed by atoms with E-state index >= 15 is 0 Å². The van der Waals surface area contributed by atoms with Crippen molar-refractivity contribution in [1.82, 2.24) is 4.98 Å². The lowest BCUT2D eigenvalue weighted by molar-refractivity contribution is -0.122. The van der Waals surface area contributed by atoms with Crippen LogP contribution in [0.2, 0.25) is 0 Å². The fourth-order valence-corrected chi connectivity index (χ4v) is 3.52. The Bertz CT molecular complexity index is 1170. The van der Waals surface area contributed by atoms with Crippen molar-refractivity contribution in [3.05, 3.63) is 101 Å². The molecule has 0 aliphatic rings. The summed E-state index contributed by atoms with van der Waals surface area (Å²) in [5.41, 5.74) is 8.00. The number of rotatable bonds is 6. The molecule has 0 bridgehead atoms. The topological polar surface area (TPSA) is 38.9 Å². The van der Waals surface area contributed by atoms with Gasteiger partial charge in [0, 0.05) is 28.7 Å². The van der Waals surface area contributed by atoms with Crippen LogP contribution in [0.1, 0.15) is 47.7 Å². The van der Waals surface area contributed by atoms with E-state index in [0.717, 1.165) is 12.1 Å². The van der Waals surface area contributed by atoms with E-state index in [0.29, 0.717) is 23.2 Å². The molecule has 0 amide bonds. The summed E-state index contributed by atoms with van der Waals surface area (Å²) in [6.07, 6.45) is -2.57. The summed E-state index contributed by atoms with van der Waals surface area (Å²) in [5, 5.41) is 0. The maximum atomic E-state index is 14.7. The second-order valence-electron chi connectivity index (χ2n) is 7.60. The maximum Gasteiger partial charge on any atom is 0.393 e. The van der Waals surface area contributed by atoms with Crippen LogP contribution in [0.5, 0.6) is 0 Å². The highest BCUT2D eigenvalue weighted by Gasteiger charge is 2.32. The minimum absolute atomic E-state index is 0.0799. The fourth-order valence-electron chi connectivity index (χ4n) is 3.52. The molecule has 33 heavy (non-hydrogen) atoms. The Morgan fingerprint density at radius 1 is 0.970 bits per heavy atom. The number of nitrogens with zero attached hydrogens (tertiary/aromatic N) is 1. The van der Waals surface area contributed by atoms with E-state index in [1.807, 2.05) is 0 Å². The molecular weight excluding hydrogens is 435 g/mol. The van der Waals surface area contributed by atoms with Crippen molar-refractivity contribution in [2.45, 2.75) is 32.9 Å². The zero-order valence-electron chi connectivity index (χ0n) is 18.2. The Labute approximate surface area is 189 Å². The molecule has 172 valence electrons. The molecule has 0 fully saturated rings. The third kappa shape index (κ3) is 6.06. The Hall–Kier alpha value is -3.48. The van der Waals surface area contributed by atoms with Gasteiger partial charge in [0.2, 0.25) is 0 Å². The van der Waals surface area contributed by atoms with E-state index in [1.54, 1.807) is 32.0 Å². The van der Waals surface area contributed by atoms with E-state index in [4.69, 9.17) is 5.73 Å². The molecule has 2 nitrogen and oxygen atoms in total. The quantitative estimate of drug-likeness (QED) is 0.233. The summed E-state index contributed by atoms with van der Waals surface area (Å²) in [6.45, 7) is 3.52. The van der Waals surface area contributed by atoms with Gasteiger partial charge in [0.25, 0.3) is 0 Å². The zero-order chi connectivity index (χ0) is 24.2.